The van der Waals surface area contributed by atoms with Crippen LogP contribution >= 0.6 is 0 Å². The third-order valence-corrected chi connectivity index (χ3v) is 8.82. The Kier molecular flexibility index (Phi) is 8.41. The number of ether oxygens (including phenoxy) is 2. The molecule has 3 heterocycles. The molecule has 12 nitrogen and oxygen atoms in total. The van der Waals surface area contributed by atoms with Gasteiger partial charge in [-0.15, -0.1) is 0 Å². The molecule has 1 amide bonds. The van der Waals surface area contributed by atoms with Gasteiger partial charge in [0.05, 0.1) is 19.0 Å². The standard InChI is InChI=1S/C30H40N8O4/c1-41-28(39)19-6-12-24(13-7-19)42-30(40)37-16-14-22(15-17-37)33-26-25-27(38(18-32-25)23-4-2-3-5-23)36-29(35-26)34-21-10-8-20(31)9-11-21/h6-7,12-13,18,20-23H,2-5,8-11,14-17,31H2,1H3,(H2,33,34,35,36). The van der Waals surface area contributed by atoms with Crippen molar-refractivity contribution >= 4 is 35.0 Å². The molecule has 0 atom stereocenters. The number of carbonyl (C=O) groups excluding carboxylic acids is 2. The second-order valence-electron chi connectivity index (χ2n) is 11.7. The number of hydrogen-bond acceptors (Lipinski definition) is 10. The summed E-state index contributed by atoms with van der Waals surface area (Å²) < 4.78 is 12.5. The Morgan fingerprint density at radius 2 is 1.60 bits per heavy atom. The van der Waals surface area contributed by atoms with Crippen molar-refractivity contribution in [2.45, 2.75) is 88.4 Å². The molecule has 3 aliphatic rings. The molecule has 6 rings (SSSR count). The number of methoxy groups -OCH3 is 1. The SMILES string of the molecule is COC(=O)c1ccc(OC(=O)N2CCC(Nc3nc(NC4CCC(N)CC4)nc4c3ncn4C3CCCC3)CC2)cc1. The molecular weight excluding hydrogens is 536 g/mol. The highest BCUT2D eigenvalue weighted by Gasteiger charge is 2.28. The first-order valence-corrected chi connectivity index (χ1v) is 15.1. The molecule has 0 spiro atoms. The molecule has 12 heteroatoms. The van der Waals surface area contributed by atoms with Gasteiger partial charge in [0.25, 0.3) is 0 Å². The number of nitrogens with one attached hydrogen (secondary N) is 2. The van der Waals surface area contributed by atoms with Crippen LogP contribution in [0.3, 0.4) is 0 Å². The van der Waals surface area contributed by atoms with E-state index in [1.165, 1.54) is 20.0 Å². The molecule has 0 bridgehead atoms. The van der Waals surface area contributed by atoms with E-state index < -0.39 is 12.1 Å². The number of piperidine rings is 1. The van der Waals surface area contributed by atoms with Gasteiger partial charge in [0.2, 0.25) is 5.95 Å². The van der Waals surface area contributed by atoms with Gasteiger partial charge in [0.1, 0.15) is 5.75 Å². The third kappa shape index (κ3) is 6.28. The lowest BCUT2D eigenvalue weighted by Crippen LogP contribution is -2.43. The number of benzene rings is 1. The maximum Gasteiger partial charge on any atom is 0.415 e. The molecule has 0 radical (unpaired) electrons. The van der Waals surface area contributed by atoms with E-state index in [4.69, 9.17) is 30.2 Å². The van der Waals surface area contributed by atoms with Crippen molar-refractivity contribution in [1.29, 1.82) is 0 Å². The molecule has 42 heavy (non-hydrogen) atoms. The lowest BCUT2D eigenvalue weighted by atomic mass is 9.92. The van der Waals surface area contributed by atoms with Gasteiger partial charge < -0.3 is 35.3 Å². The number of aromatic nitrogens is 4. The van der Waals surface area contributed by atoms with E-state index in [-0.39, 0.29) is 12.1 Å². The number of carbonyl (C=O) groups is 2. The number of anilines is 2. The summed E-state index contributed by atoms with van der Waals surface area (Å²) in [6.07, 6.45) is 11.8. The normalized spacial score (nSPS) is 21.8. The van der Waals surface area contributed by atoms with Crippen LogP contribution in [-0.4, -0.2) is 74.8 Å². The number of imidazole rings is 1. The van der Waals surface area contributed by atoms with Crippen LogP contribution in [0.25, 0.3) is 11.2 Å². The average molecular weight is 577 g/mol. The maximum atomic E-state index is 12.8. The molecule has 1 aromatic carbocycles. The Balaban J connectivity index is 1.12. The maximum absolute atomic E-state index is 12.8. The van der Waals surface area contributed by atoms with Gasteiger partial charge in [-0.1, -0.05) is 12.8 Å². The van der Waals surface area contributed by atoms with Crippen LogP contribution in [0.4, 0.5) is 16.6 Å². The van der Waals surface area contributed by atoms with Gasteiger partial charge in [-0.05, 0) is 75.6 Å². The van der Waals surface area contributed by atoms with E-state index >= 15 is 0 Å². The van der Waals surface area contributed by atoms with Crippen molar-refractivity contribution in [2.24, 2.45) is 5.73 Å². The first kappa shape index (κ1) is 28.2. The molecule has 3 fully saturated rings. The van der Waals surface area contributed by atoms with E-state index in [0.717, 1.165) is 68.3 Å². The van der Waals surface area contributed by atoms with Crippen molar-refractivity contribution in [3.05, 3.63) is 36.2 Å². The Morgan fingerprint density at radius 3 is 2.29 bits per heavy atom. The monoisotopic (exact) mass is 576 g/mol. The van der Waals surface area contributed by atoms with Gasteiger partial charge in [-0.25, -0.2) is 14.6 Å². The highest BCUT2D eigenvalue weighted by atomic mass is 16.6. The fraction of sp³-hybridized carbons (Fsp3) is 0.567. The fourth-order valence-corrected chi connectivity index (χ4v) is 6.32. The summed E-state index contributed by atoms with van der Waals surface area (Å²) in [6, 6.07) is 7.48. The summed E-state index contributed by atoms with van der Waals surface area (Å²) in [6.45, 7) is 1.10. The lowest BCUT2D eigenvalue weighted by molar-refractivity contribution is 0.0600. The first-order chi connectivity index (χ1) is 20.5. The van der Waals surface area contributed by atoms with E-state index in [9.17, 15) is 9.59 Å². The highest BCUT2D eigenvalue weighted by Crippen LogP contribution is 2.34. The summed E-state index contributed by atoms with van der Waals surface area (Å²) in [7, 11) is 1.33. The summed E-state index contributed by atoms with van der Waals surface area (Å²) >= 11 is 0. The number of nitrogens with two attached hydrogens (primary N) is 1. The number of esters is 1. The summed E-state index contributed by atoms with van der Waals surface area (Å²) in [4.78, 5) is 40.8. The molecule has 2 aromatic heterocycles. The molecule has 1 aliphatic heterocycles. The predicted molar refractivity (Wildman–Crippen MR) is 159 cm³/mol. The number of fused-ring (bicyclic) bond motifs is 1. The topological polar surface area (TPSA) is 150 Å². The number of amides is 1. The largest absolute Gasteiger partial charge is 0.465 e. The van der Waals surface area contributed by atoms with Gasteiger partial charge in [-0.3, -0.25) is 0 Å². The number of nitrogens with zero attached hydrogens (tertiary/aromatic N) is 5. The van der Waals surface area contributed by atoms with Gasteiger partial charge in [0.15, 0.2) is 17.0 Å². The molecule has 4 N–H and O–H groups in total. The molecular formula is C30H40N8O4. The zero-order chi connectivity index (χ0) is 29.1. The smallest absolute Gasteiger partial charge is 0.415 e. The van der Waals surface area contributed by atoms with Crippen molar-refractivity contribution in [3.63, 3.8) is 0 Å². The Labute approximate surface area is 245 Å². The lowest BCUT2D eigenvalue weighted by Gasteiger charge is -2.32. The van der Waals surface area contributed by atoms with Crippen LogP contribution in [0.15, 0.2) is 30.6 Å². The van der Waals surface area contributed by atoms with E-state index in [1.54, 1.807) is 29.2 Å². The quantitative estimate of drug-likeness (QED) is 0.344. The second kappa shape index (κ2) is 12.5. The number of hydrogen-bond donors (Lipinski definition) is 3. The van der Waals surface area contributed by atoms with E-state index in [0.29, 0.717) is 42.4 Å². The van der Waals surface area contributed by atoms with E-state index in [1.807, 2.05) is 6.33 Å². The Morgan fingerprint density at radius 1 is 0.905 bits per heavy atom. The second-order valence-corrected chi connectivity index (χ2v) is 11.7. The number of rotatable bonds is 7. The van der Waals surface area contributed by atoms with Gasteiger partial charge in [-0.2, -0.15) is 9.97 Å². The minimum absolute atomic E-state index is 0.128. The average Bonchev–Trinajstić information content (AvgIpc) is 3.69. The van der Waals surface area contributed by atoms with Crippen LogP contribution in [-0.2, 0) is 4.74 Å². The van der Waals surface area contributed by atoms with Crippen molar-refractivity contribution < 1.29 is 19.1 Å². The highest BCUT2D eigenvalue weighted by molar-refractivity contribution is 5.89. The minimum atomic E-state index is -0.435. The zero-order valence-corrected chi connectivity index (χ0v) is 24.1. The number of likely N-dealkylation sites (tertiary alicyclic amines) is 1. The van der Waals surface area contributed by atoms with Crippen molar-refractivity contribution in [2.75, 3.05) is 30.8 Å². The van der Waals surface area contributed by atoms with Crippen molar-refractivity contribution in [3.8, 4) is 5.75 Å². The molecule has 3 aromatic rings. The fourth-order valence-electron chi connectivity index (χ4n) is 6.32. The van der Waals surface area contributed by atoms with Crippen molar-refractivity contribution in [1.82, 2.24) is 24.4 Å². The predicted octanol–water partition coefficient (Wildman–Crippen LogP) is 4.49. The molecule has 224 valence electrons. The van der Waals surface area contributed by atoms with Gasteiger partial charge >= 0.3 is 12.1 Å². The summed E-state index contributed by atoms with van der Waals surface area (Å²) in [5.41, 5.74) is 8.18. The van der Waals surface area contributed by atoms with Crippen LogP contribution < -0.4 is 21.1 Å². The Hall–Kier alpha value is -3.93. The summed E-state index contributed by atoms with van der Waals surface area (Å²) in [5.74, 6) is 1.31. The zero-order valence-electron chi connectivity index (χ0n) is 24.1. The molecule has 1 saturated heterocycles. The first-order valence-electron chi connectivity index (χ1n) is 15.1. The van der Waals surface area contributed by atoms with Crippen LogP contribution in [0.1, 0.15) is 80.6 Å². The third-order valence-electron chi connectivity index (χ3n) is 8.82. The van der Waals surface area contributed by atoms with Crippen LogP contribution in [0.2, 0.25) is 0 Å². The van der Waals surface area contributed by atoms with Crippen LogP contribution in [0, 0.1) is 0 Å². The van der Waals surface area contributed by atoms with Crippen LogP contribution in [0.5, 0.6) is 5.75 Å². The molecule has 0 unspecified atom stereocenters. The minimum Gasteiger partial charge on any atom is -0.465 e. The molecule has 2 saturated carbocycles. The Bertz CT molecular complexity index is 1390. The summed E-state index contributed by atoms with van der Waals surface area (Å²) in [5, 5.41) is 7.22. The molecule has 2 aliphatic carbocycles. The van der Waals surface area contributed by atoms with E-state index in [2.05, 4.69) is 15.2 Å². The van der Waals surface area contributed by atoms with Gasteiger partial charge in [0, 0.05) is 37.3 Å².